The van der Waals surface area contributed by atoms with Gasteiger partial charge in [-0.3, -0.25) is 4.57 Å². The quantitative estimate of drug-likeness (QED) is 0.153. The lowest BCUT2D eigenvalue weighted by molar-refractivity contribution is 0.953. The van der Waals surface area contributed by atoms with E-state index >= 15 is 0 Å². The second kappa shape index (κ2) is 16.4. The van der Waals surface area contributed by atoms with Crippen molar-refractivity contribution in [2.75, 3.05) is 0 Å². The molecule has 68 heavy (non-hydrogen) atoms. The van der Waals surface area contributed by atoms with Crippen molar-refractivity contribution in [1.82, 2.24) is 24.1 Å². The molecule has 3 aromatic heterocycles. The zero-order valence-electron chi connectivity index (χ0n) is 36.9. The van der Waals surface area contributed by atoms with E-state index in [2.05, 4.69) is 258 Å². The van der Waals surface area contributed by atoms with Gasteiger partial charge in [-0.05, 0) is 93.0 Å². The highest BCUT2D eigenvalue weighted by molar-refractivity contribution is 6.23. The van der Waals surface area contributed by atoms with Crippen LogP contribution in [0.3, 0.4) is 0 Å². The molecule has 13 rings (SSSR count). The Kier molecular flexibility index (Phi) is 9.43. The Hall–Kier alpha value is -9.19. The highest BCUT2D eigenvalue weighted by atomic mass is 15.2. The van der Waals surface area contributed by atoms with Crippen molar-refractivity contribution in [2.45, 2.75) is 0 Å². The van der Waals surface area contributed by atoms with Crippen LogP contribution in [0, 0.1) is 0 Å². The van der Waals surface area contributed by atoms with E-state index in [9.17, 15) is 0 Å². The number of hydrogen-bond donors (Lipinski definition) is 0. The minimum atomic E-state index is 0.543. The Labute approximate surface area is 393 Å². The number of nitrogens with zero attached hydrogens (tertiary/aromatic N) is 5. The van der Waals surface area contributed by atoms with Crippen LogP contribution in [0.1, 0.15) is 0 Å². The van der Waals surface area contributed by atoms with Crippen LogP contribution in [-0.2, 0) is 0 Å². The molecule has 0 spiro atoms. The van der Waals surface area contributed by atoms with Gasteiger partial charge in [-0.25, -0.2) is 4.98 Å². The van der Waals surface area contributed by atoms with Crippen molar-refractivity contribution in [3.63, 3.8) is 0 Å². The van der Waals surface area contributed by atoms with Crippen molar-refractivity contribution >= 4 is 43.6 Å². The molecule has 0 saturated heterocycles. The topological polar surface area (TPSA) is 48.5 Å². The third-order valence-electron chi connectivity index (χ3n) is 13.2. The van der Waals surface area contributed by atoms with E-state index < -0.39 is 0 Å². The molecule has 5 nitrogen and oxygen atoms in total. The maximum atomic E-state index is 5.49. The average Bonchev–Trinajstić information content (AvgIpc) is 3.95. The molecule has 0 amide bonds. The van der Waals surface area contributed by atoms with Gasteiger partial charge in [-0.15, -0.1) is 0 Å². The number of fused-ring (bicyclic) bond motifs is 7. The molecule has 0 N–H and O–H groups in total. The molecule has 0 fully saturated rings. The smallest absolute Gasteiger partial charge is 0.238 e. The van der Waals surface area contributed by atoms with Gasteiger partial charge < -0.3 is 4.57 Å². The van der Waals surface area contributed by atoms with Gasteiger partial charge in [0.15, 0.2) is 11.6 Å². The van der Waals surface area contributed by atoms with Crippen LogP contribution in [0.25, 0.3) is 123 Å². The van der Waals surface area contributed by atoms with Gasteiger partial charge in [-0.1, -0.05) is 200 Å². The van der Waals surface area contributed by atoms with E-state index in [4.69, 9.17) is 15.0 Å². The van der Waals surface area contributed by atoms with Crippen molar-refractivity contribution < 1.29 is 0 Å². The number of benzene rings is 10. The van der Waals surface area contributed by atoms with E-state index in [1.807, 2.05) is 0 Å². The normalized spacial score (nSPS) is 11.5. The molecule has 10 aromatic carbocycles. The van der Waals surface area contributed by atoms with Gasteiger partial charge in [0.2, 0.25) is 5.95 Å². The SMILES string of the molecule is c1ccc(-c2cccc(-c3cccc(-c4nc(-c5cccc(-c6cccc(-c7ccccc7)c6)c5)nc(-n5c6ccccc6c6ccc7c8ccccc8n(-c8ccccc8)c7c65)n4)c3)c2)cc1. The van der Waals surface area contributed by atoms with Crippen LogP contribution in [0.15, 0.2) is 249 Å². The van der Waals surface area contributed by atoms with Crippen LogP contribution in [0.2, 0.25) is 0 Å². The van der Waals surface area contributed by atoms with Crippen molar-refractivity contribution in [3.05, 3.63) is 249 Å². The molecule has 318 valence electrons. The molecular formula is C63H41N5. The van der Waals surface area contributed by atoms with E-state index in [0.29, 0.717) is 17.6 Å². The molecule has 0 saturated carbocycles. The fourth-order valence-electron chi connectivity index (χ4n) is 9.97. The largest absolute Gasteiger partial charge is 0.307 e. The molecule has 0 atom stereocenters. The number of aromatic nitrogens is 5. The first-order valence-electron chi connectivity index (χ1n) is 23.0. The third-order valence-corrected chi connectivity index (χ3v) is 13.2. The number of rotatable bonds is 8. The molecule has 5 heteroatoms. The summed E-state index contributed by atoms with van der Waals surface area (Å²) in [6, 6.07) is 88.1. The molecule has 13 aromatic rings. The van der Waals surface area contributed by atoms with E-state index in [-0.39, 0.29) is 0 Å². The standard InChI is InChI=1S/C63H41N5/c1-4-18-42(19-5-1)44-22-14-24-46(38-44)48-26-16-28-50(40-48)61-64-62(51-29-17-27-49(41-51)47-25-15-23-45(39-47)43-20-6-2-7-21-43)66-63(65-61)68-58-35-13-11-33-54(58)56-37-36-55-53-32-10-12-34-57(53)67(59(55)60(56)68)52-30-8-3-9-31-52/h1-41H. The fraction of sp³-hybridized carbons (Fsp3) is 0. The third kappa shape index (κ3) is 6.76. The first kappa shape index (κ1) is 39.2. The van der Waals surface area contributed by atoms with E-state index in [1.54, 1.807) is 0 Å². The minimum absolute atomic E-state index is 0.543. The summed E-state index contributed by atoms with van der Waals surface area (Å²) in [7, 11) is 0. The number of hydrogen-bond acceptors (Lipinski definition) is 3. The summed E-state index contributed by atoms with van der Waals surface area (Å²) < 4.78 is 4.66. The Morgan fingerprint density at radius 1 is 0.235 bits per heavy atom. The lowest BCUT2D eigenvalue weighted by Crippen LogP contribution is -2.07. The molecule has 0 unspecified atom stereocenters. The second-order valence-electron chi connectivity index (χ2n) is 17.2. The molecular weight excluding hydrogens is 827 g/mol. The molecule has 0 aliphatic rings. The first-order chi connectivity index (χ1) is 33.7. The average molecular weight is 868 g/mol. The highest BCUT2D eigenvalue weighted by Gasteiger charge is 2.24. The highest BCUT2D eigenvalue weighted by Crippen LogP contribution is 2.42. The molecule has 3 heterocycles. The van der Waals surface area contributed by atoms with Gasteiger partial charge in [-0.2, -0.15) is 9.97 Å². The molecule has 0 aliphatic carbocycles. The van der Waals surface area contributed by atoms with Gasteiger partial charge in [0, 0.05) is 38.4 Å². The van der Waals surface area contributed by atoms with Gasteiger partial charge in [0.1, 0.15) is 0 Å². The van der Waals surface area contributed by atoms with Gasteiger partial charge in [0.05, 0.1) is 22.1 Å². The Bertz CT molecular complexity index is 3870. The summed E-state index contributed by atoms with van der Waals surface area (Å²) in [5.41, 5.74) is 16.2. The molecule has 0 bridgehead atoms. The van der Waals surface area contributed by atoms with E-state index in [0.717, 1.165) is 88.4 Å². The van der Waals surface area contributed by atoms with Crippen LogP contribution < -0.4 is 0 Å². The minimum Gasteiger partial charge on any atom is -0.307 e. The zero-order chi connectivity index (χ0) is 45.0. The van der Waals surface area contributed by atoms with Crippen molar-refractivity contribution in [2.24, 2.45) is 0 Å². The second-order valence-corrected chi connectivity index (χ2v) is 17.2. The summed E-state index contributed by atoms with van der Waals surface area (Å²) in [5.74, 6) is 1.72. The predicted molar refractivity (Wildman–Crippen MR) is 281 cm³/mol. The summed E-state index contributed by atoms with van der Waals surface area (Å²) in [6.07, 6.45) is 0. The van der Waals surface area contributed by atoms with Crippen molar-refractivity contribution in [3.8, 4) is 78.9 Å². The van der Waals surface area contributed by atoms with Crippen molar-refractivity contribution in [1.29, 1.82) is 0 Å². The Balaban J connectivity index is 1.06. The lowest BCUT2D eigenvalue weighted by Gasteiger charge is -2.14. The predicted octanol–water partition coefficient (Wildman–Crippen LogP) is 16.1. The monoisotopic (exact) mass is 867 g/mol. The lowest BCUT2D eigenvalue weighted by atomic mass is 9.97. The van der Waals surface area contributed by atoms with Crippen LogP contribution in [-0.4, -0.2) is 24.1 Å². The van der Waals surface area contributed by atoms with Gasteiger partial charge >= 0.3 is 0 Å². The summed E-state index contributed by atoms with van der Waals surface area (Å²) in [5, 5.41) is 4.59. The Morgan fingerprint density at radius 3 is 1.04 bits per heavy atom. The molecule has 0 radical (unpaired) electrons. The van der Waals surface area contributed by atoms with Crippen LogP contribution >= 0.6 is 0 Å². The molecule has 0 aliphatic heterocycles. The zero-order valence-corrected chi connectivity index (χ0v) is 36.9. The number of para-hydroxylation sites is 3. The van der Waals surface area contributed by atoms with Crippen LogP contribution in [0.4, 0.5) is 0 Å². The van der Waals surface area contributed by atoms with E-state index in [1.165, 1.54) is 16.5 Å². The maximum Gasteiger partial charge on any atom is 0.238 e. The summed E-state index contributed by atoms with van der Waals surface area (Å²) >= 11 is 0. The summed E-state index contributed by atoms with van der Waals surface area (Å²) in [4.78, 5) is 16.3. The summed E-state index contributed by atoms with van der Waals surface area (Å²) in [6.45, 7) is 0. The first-order valence-corrected chi connectivity index (χ1v) is 23.0. The van der Waals surface area contributed by atoms with Crippen LogP contribution in [0.5, 0.6) is 0 Å². The van der Waals surface area contributed by atoms with Gasteiger partial charge in [0.25, 0.3) is 0 Å². The fourth-order valence-corrected chi connectivity index (χ4v) is 9.97. The maximum absolute atomic E-state index is 5.49. The Morgan fingerprint density at radius 2 is 0.574 bits per heavy atom.